The number of aromatic nitrogens is 2. The lowest BCUT2D eigenvalue weighted by Crippen LogP contribution is -1.89. The summed E-state index contributed by atoms with van der Waals surface area (Å²) in [6.07, 6.45) is 7.94. The Morgan fingerprint density at radius 2 is 1.48 bits per heavy atom. The van der Waals surface area contributed by atoms with Gasteiger partial charge in [-0.05, 0) is 67.3 Å². The number of pyridine rings is 2. The molecule has 0 radical (unpaired) electrons. The van der Waals surface area contributed by atoms with E-state index in [2.05, 4.69) is 61.1 Å². The molecule has 0 unspecified atom stereocenters. The second-order valence-corrected chi connectivity index (χ2v) is 5.84. The van der Waals surface area contributed by atoms with Gasteiger partial charge in [0.05, 0.1) is 11.4 Å². The molecular formula is C21H20N2. The highest BCUT2D eigenvalue weighted by molar-refractivity contribution is 5.74. The molecule has 2 nitrogen and oxygen atoms in total. The molecular weight excluding hydrogens is 280 g/mol. The van der Waals surface area contributed by atoms with Crippen molar-refractivity contribution in [3.05, 3.63) is 82.7 Å². The van der Waals surface area contributed by atoms with Crippen molar-refractivity contribution >= 4 is 12.2 Å². The molecule has 0 spiro atoms. The number of benzene rings is 1. The molecule has 3 rings (SSSR count). The van der Waals surface area contributed by atoms with E-state index in [4.69, 9.17) is 0 Å². The number of aryl methyl sites for hydroxylation is 3. The molecule has 2 heterocycles. The topological polar surface area (TPSA) is 25.8 Å². The third kappa shape index (κ3) is 3.54. The van der Waals surface area contributed by atoms with Crippen LogP contribution in [0.4, 0.5) is 0 Å². The molecule has 0 atom stereocenters. The summed E-state index contributed by atoms with van der Waals surface area (Å²) in [7, 11) is 0. The molecule has 0 N–H and O–H groups in total. The van der Waals surface area contributed by atoms with Crippen molar-refractivity contribution in [2.45, 2.75) is 20.8 Å². The first-order valence-corrected chi connectivity index (χ1v) is 7.77. The highest BCUT2D eigenvalue weighted by Crippen LogP contribution is 2.20. The van der Waals surface area contributed by atoms with Gasteiger partial charge in [-0.15, -0.1) is 0 Å². The molecule has 1 aromatic carbocycles. The van der Waals surface area contributed by atoms with Crippen LogP contribution in [0.3, 0.4) is 0 Å². The van der Waals surface area contributed by atoms with Gasteiger partial charge in [0.1, 0.15) is 0 Å². The molecule has 23 heavy (non-hydrogen) atoms. The average molecular weight is 300 g/mol. The van der Waals surface area contributed by atoms with E-state index in [0.29, 0.717) is 0 Å². The van der Waals surface area contributed by atoms with Crippen LogP contribution in [0, 0.1) is 20.8 Å². The van der Waals surface area contributed by atoms with Crippen LogP contribution in [0.2, 0.25) is 0 Å². The zero-order valence-corrected chi connectivity index (χ0v) is 13.7. The summed E-state index contributed by atoms with van der Waals surface area (Å²) < 4.78 is 0. The zero-order chi connectivity index (χ0) is 16.2. The molecule has 0 aliphatic rings. The molecule has 2 heteroatoms. The Morgan fingerprint density at radius 3 is 2.17 bits per heavy atom. The van der Waals surface area contributed by atoms with Crippen molar-refractivity contribution in [2.75, 3.05) is 0 Å². The van der Waals surface area contributed by atoms with Gasteiger partial charge in [0.15, 0.2) is 0 Å². The maximum Gasteiger partial charge on any atom is 0.0892 e. The largest absolute Gasteiger partial charge is 0.255 e. The first-order chi connectivity index (χ1) is 11.1. The number of hydrogen-bond donors (Lipinski definition) is 0. The third-order valence-corrected chi connectivity index (χ3v) is 3.89. The normalized spacial score (nSPS) is 11.1. The zero-order valence-electron chi connectivity index (χ0n) is 13.7. The summed E-state index contributed by atoms with van der Waals surface area (Å²) >= 11 is 0. The van der Waals surface area contributed by atoms with Crippen molar-refractivity contribution in [1.29, 1.82) is 0 Å². The van der Waals surface area contributed by atoms with E-state index in [-0.39, 0.29) is 0 Å². The fourth-order valence-corrected chi connectivity index (χ4v) is 2.84. The minimum atomic E-state index is 0.894. The Bertz CT molecular complexity index is 826. The van der Waals surface area contributed by atoms with Gasteiger partial charge >= 0.3 is 0 Å². The van der Waals surface area contributed by atoms with E-state index < -0.39 is 0 Å². The van der Waals surface area contributed by atoms with Crippen molar-refractivity contribution in [3.63, 3.8) is 0 Å². The molecule has 0 fully saturated rings. The first kappa shape index (κ1) is 15.2. The second kappa shape index (κ2) is 6.57. The van der Waals surface area contributed by atoms with Crippen LogP contribution in [-0.4, -0.2) is 9.97 Å². The highest BCUT2D eigenvalue weighted by atomic mass is 14.8. The van der Waals surface area contributed by atoms with Crippen LogP contribution in [0.15, 0.2) is 54.9 Å². The highest BCUT2D eigenvalue weighted by Gasteiger charge is 2.02. The van der Waals surface area contributed by atoms with Crippen molar-refractivity contribution in [3.8, 4) is 11.4 Å². The molecule has 114 valence electrons. The van der Waals surface area contributed by atoms with Crippen LogP contribution >= 0.6 is 0 Å². The molecule has 0 aliphatic heterocycles. The summed E-state index contributed by atoms with van der Waals surface area (Å²) in [4.78, 5) is 8.77. The van der Waals surface area contributed by atoms with Gasteiger partial charge in [0.2, 0.25) is 0 Å². The maximum atomic E-state index is 4.41. The Morgan fingerprint density at radius 1 is 0.739 bits per heavy atom. The van der Waals surface area contributed by atoms with Crippen LogP contribution in [-0.2, 0) is 0 Å². The summed E-state index contributed by atoms with van der Waals surface area (Å²) in [5.74, 6) is 0. The van der Waals surface area contributed by atoms with Crippen LogP contribution in [0.5, 0.6) is 0 Å². The van der Waals surface area contributed by atoms with Crippen molar-refractivity contribution < 1.29 is 0 Å². The van der Waals surface area contributed by atoms with Gasteiger partial charge in [-0.3, -0.25) is 9.97 Å². The van der Waals surface area contributed by atoms with Gasteiger partial charge < -0.3 is 0 Å². The molecule has 0 saturated heterocycles. The number of rotatable bonds is 3. The lowest BCUT2D eigenvalue weighted by Gasteiger charge is -2.07. The van der Waals surface area contributed by atoms with Gasteiger partial charge in [0.25, 0.3) is 0 Å². The standard InChI is InChI=1S/C21H20N2/c1-15-12-16(2)19(17(3)13-15)8-7-18-9-11-23-21(14-18)20-6-4-5-10-22-20/h4-14H,1-3H3/b8-7+. The lowest BCUT2D eigenvalue weighted by molar-refractivity contribution is 1.24. The van der Waals surface area contributed by atoms with Gasteiger partial charge in [0, 0.05) is 12.4 Å². The quantitative estimate of drug-likeness (QED) is 0.661. The van der Waals surface area contributed by atoms with Gasteiger partial charge in [-0.25, -0.2) is 0 Å². The van der Waals surface area contributed by atoms with Gasteiger partial charge in [-0.1, -0.05) is 35.9 Å². The Kier molecular flexibility index (Phi) is 4.33. The Hall–Kier alpha value is -2.74. The van der Waals surface area contributed by atoms with E-state index in [1.807, 2.05) is 30.5 Å². The fourth-order valence-electron chi connectivity index (χ4n) is 2.84. The summed E-state index contributed by atoms with van der Waals surface area (Å²) in [6.45, 7) is 6.45. The van der Waals surface area contributed by atoms with Crippen LogP contribution in [0.1, 0.15) is 27.8 Å². The van der Waals surface area contributed by atoms with E-state index >= 15 is 0 Å². The third-order valence-electron chi connectivity index (χ3n) is 3.89. The summed E-state index contributed by atoms with van der Waals surface area (Å²) in [6, 6.07) is 14.4. The minimum Gasteiger partial charge on any atom is -0.255 e. The van der Waals surface area contributed by atoms with Crippen LogP contribution < -0.4 is 0 Å². The number of nitrogens with zero attached hydrogens (tertiary/aromatic N) is 2. The molecule has 0 aliphatic carbocycles. The van der Waals surface area contributed by atoms with Crippen LogP contribution in [0.25, 0.3) is 23.5 Å². The SMILES string of the molecule is Cc1cc(C)c(/C=C/c2ccnc(-c3ccccn3)c2)c(C)c1. The minimum absolute atomic E-state index is 0.894. The second-order valence-electron chi connectivity index (χ2n) is 5.84. The molecule has 0 amide bonds. The molecule has 0 bridgehead atoms. The van der Waals surface area contributed by atoms with E-state index in [0.717, 1.165) is 17.0 Å². The van der Waals surface area contributed by atoms with E-state index in [1.54, 1.807) is 6.20 Å². The molecule has 2 aromatic heterocycles. The molecule has 0 saturated carbocycles. The summed E-state index contributed by atoms with van der Waals surface area (Å²) in [5, 5.41) is 0. The lowest BCUT2D eigenvalue weighted by atomic mass is 9.99. The fraction of sp³-hybridized carbons (Fsp3) is 0.143. The predicted molar refractivity (Wildman–Crippen MR) is 97.0 cm³/mol. The van der Waals surface area contributed by atoms with Crippen molar-refractivity contribution in [1.82, 2.24) is 9.97 Å². The summed E-state index contributed by atoms with van der Waals surface area (Å²) in [5.41, 5.74) is 8.11. The number of hydrogen-bond acceptors (Lipinski definition) is 2. The smallest absolute Gasteiger partial charge is 0.0892 e. The average Bonchev–Trinajstić information content (AvgIpc) is 2.55. The van der Waals surface area contributed by atoms with E-state index in [9.17, 15) is 0 Å². The first-order valence-electron chi connectivity index (χ1n) is 7.77. The Labute approximate surface area is 137 Å². The maximum absolute atomic E-state index is 4.41. The monoisotopic (exact) mass is 300 g/mol. The predicted octanol–water partition coefficient (Wildman–Crippen LogP) is 5.24. The van der Waals surface area contributed by atoms with Gasteiger partial charge in [-0.2, -0.15) is 0 Å². The molecule has 3 aromatic rings. The Balaban J connectivity index is 1.92. The van der Waals surface area contributed by atoms with Crippen molar-refractivity contribution in [2.24, 2.45) is 0 Å². The van der Waals surface area contributed by atoms with E-state index in [1.165, 1.54) is 22.3 Å².